The Labute approximate surface area is 214 Å². The van der Waals surface area contributed by atoms with Gasteiger partial charge in [-0.1, -0.05) is 36.4 Å². The molecule has 2 N–H and O–H groups in total. The van der Waals surface area contributed by atoms with Crippen LogP contribution in [0, 0.1) is 18.7 Å². The van der Waals surface area contributed by atoms with E-state index in [-0.39, 0.29) is 18.1 Å². The Morgan fingerprint density at radius 3 is 2.70 bits per heavy atom. The van der Waals surface area contributed by atoms with Crippen LogP contribution in [-0.2, 0) is 11.2 Å². The summed E-state index contributed by atoms with van der Waals surface area (Å²) in [5.41, 5.74) is 5.68. The zero-order valence-corrected chi connectivity index (χ0v) is 20.6. The number of aromatic amines is 1. The first-order chi connectivity index (χ1) is 18.1. The Hall–Kier alpha value is -4.07. The van der Waals surface area contributed by atoms with Crippen LogP contribution in [0.15, 0.2) is 54.6 Å². The summed E-state index contributed by atoms with van der Waals surface area (Å²) in [7, 11) is 0. The second kappa shape index (κ2) is 9.76. The Bertz CT molecular complexity index is 1450. The number of tetrazole rings is 1. The van der Waals surface area contributed by atoms with E-state index in [9.17, 15) is 9.18 Å². The number of anilines is 1. The number of halogens is 1. The summed E-state index contributed by atoms with van der Waals surface area (Å²) in [4.78, 5) is 13.2. The van der Waals surface area contributed by atoms with Crippen molar-refractivity contribution in [2.45, 2.75) is 44.9 Å². The standard InChI is InChI=1S/C29H28FN5O2/c1-17-8-9-19(25(30)13-17)16-27(36)31-26-15-20(22-5-2-3-6-23(22)29-32-34-35-33-29)14-24-21(18-10-11-18)7-4-12-37-28(24)26/h2-3,5-6,8-9,13-15,18,21H,4,7,10-12,16H2,1H3,(H,31,36)(H,32,33,34,35). The van der Waals surface area contributed by atoms with E-state index in [2.05, 4.69) is 32.0 Å². The lowest BCUT2D eigenvalue weighted by Crippen LogP contribution is -2.17. The molecule has 1 atom stereocenters. The van der Waals surface area contributed by atoms with Crippen LogP contribution in [0.1, 0.15) is 48.3 Å². The van der Waals surface area contributed by atoms with Crippen LogP contribution < -0.4 is 10.1 Å². The van der Waals surface area contributed by atoms with Crippen LogP contribution in [0.25, 0.3) is 22.5 Å². The van der Waals surface area contributed by atoms with Gasteiger partial charge in [0.1, 0.15) is 11.6 Å². The summed E-state index contributed by atoms with van der Waals surface area (Å²) in [6.07, 6.45) is 4.38. The predicted molar refractivity (Wildman–Crippen MR) is 139 cm³/mol. The molecular weight excluding hydrogens is 469 g/mol. The smallest absolute Gasteiger partial charge is 0.229 e. The van der Waals surface area contributed by atoms with Crippen LogP contribution in [0.3, 0.4) is 0 Å². The number of carbonyl (C=O) groups excluding carboxylic acids is 1. The molecule has 3 aromatic carbocycles. The number of nitrogens with zero attached hydrogens (tertiary/aromatic N) is 3. The third-order valence-electron chi connectivity index (χ3n) is 7.29. The molecule has 0 bridgehead atoms. The lowest BCUT2D eigenvalue weighted by Gasteiger charge is -2.21. The van der Waals surface area contributed by atoms with E-state index >= 15 is 0 Å². The SMILES string of the molecule is Cc1ccc(CC(=O)Nc2cc(-c3ccccc3-c3nnn[nH]3)cc3c2OCCCC3C2CC2)c(F)c1. The number of benzene rings is 3. The van der Waals surface area contributed by atoms with E-state index in [0.717, 1.165) is 46.4 Å². The Balaban J connectivity index is 1.43. The summed E-state index contributed by atoms with van der Waals surface area (Å²) in [6.45, 7) is 2.43. The van der Waals surface area contributed by atoms with Crippen LogP contribution >= 0.6 is 0 Å². The molecule has 2 heterocycles. The van der Waals surface area contributed by atoms with Crippen molar-refractivity contribution in [3.05, 3.63) is 77.1 Å². The molecule has 0 spiro atoms. The van der Waals surface area contributed by atoms with E-state index in [4.69, 9.17) is 4.74 Å². The minimum atomic E-state index is -0.373. The molecule has 2 aliphatic rings. The van der Waals surface area contributed by atoms with E-state index < -0.39 is 0 Å². The molecular formula is C29H28FN5O2. The third kappa shape index (κ3) is 4.83. The molecule has 1 aliphatic heterocycles. The number of hydrogen-bond donors (Lipinski definition) is 2. The summed E-state index contributed by atoms with van der Waals surface area (Å²) in [5.74, 6) is 1.65. The van der Waals surface area contributed by atoms with E-state index in [0.29, 0.717) is 35.5 Å². The number of amides is 1. The molecule has 1 saturated carbocycles. The van der Waals surface area contributed by atoms with Gasteiger partial charge < -0.3 is 10.1 Å². The van der Waals surface area contributed by atoms with Gasteiger partial charge in [-0.3, -0.25) is 4.79 Å². The molecule has 8 heteroatoms. The van der Waals surface area contributed by atoms with Crippen LogP contribution in [-0.4, -0.2) is 33.1 Å². The number of fused-ring (bicyclic) bond motifs is 1. The predicted octanol–water partition coefficient (Wildman–Crippen LogP) is 5.83. The largest absolute Gasteiger partial charge is 0.491 e. The summed E-state index contributed by atoms with van der Waals surface area (Å²) < 4.78 is 20.7. The van der Waals surface area contributed by atoms with Crippen LogP contribution in [0.2, 0.25) is 0 Å². The lowest BCUT2D eigenvalue weighted by molar-refractivity contribution is -0.115. The topological polar surface area (TPSA) is 92.8 Å². The zero-order chi connectivity index (χ0) is 25.4. The number of H-pyrrole nitrogens is 1. The fourth-order valence-corrected chi connectivity index (χ4v) is 5.34. The molecule has 7 nitrogen and oxygen atoms in total. The molecule has 0 saturated heterocycles. The first-order valence-electron chi connectivity index (χ1n) is 12.8. The molecule has 1 aromatic heterocycles. The highest BCUT2D eigenvalue weighted by Gasteiger charge is 2.36. The molecule has 4 aromatic rings. The van der Waals surface area contributed by atoms with Gasteiger partial charge in [0.15, 0.2) is 5.82 Å². The van der Waals surface area contributed by atoms with Gasteiger partial charge >= 0.3 is 0 Å². The minimum absolute atomic E-state index is 0.0580. The summed E-state index contributed by atoms with van der Waals surface area (Å²) in [6, 6.07) is 17.0. The molecule has 37 heavy (non-hydrogen) atoms. The maximum Gasteiger partial charge on any atom is 0.229 e. The van der Waals surface area contributed by atoms with Crippen molar-refractivity contribution in [2.24, 2.45) is 5.92 Å². The molecule has 6 rings (SSSR count). The van der Waals surface area contributed by atoms with Crippen molar-refractivity contribution in [2.75, 3.05) is 11.9 Å². The van der Waals surface area contributed by atoms with Crippen molar-refractivity contribution >= 4 is 11.6 Å². The van der Waals surface area contributed by atoms with Crippen molar-refractivity contribution in [3.63, 3.8) is 0 Å². The van der Waals surface area contributed by atoms with Gasteiger partial charge in [-0.05, 0) is 95.3 Å². The first-order valence-corrected chi connectivity index (χ1v) is 12.8. The van der Waals surface area contributed by atoms with Crippen molar-refractivity contribution in [3.8, 4) is 28.3 Å². The lowest BCUT2D eigenvalue weighted by atomic mass is 9.86. The second-order valence-electron chi connectivity index (χ2n) is 9.99. The van der Waals surface area contributed by atoms with Gasteiger partial charge in [-0.25, -0.2) is 9.49 Å². The van der Waals surface area contributed by atoms with Gasteiger partial charge in [0, 0.05) is 11.1 Å². The van der Waals surface area contributed by atoms with Crippen molar-refractivity contribution in [1.82, 2.24) is 20.6 Å². The quantitative estimate of drug-likeness (QED) is 0.350. The average Bonchev–Trinajstić information content (AvgIpc) is 3.63. The first kappa shape index (κ1) is 23.3. The zero-order valence-electron chi connectivity index (χ0n) is 20.6. The third-order valence-corrected chi connectivity index (χ3v) is 7.29. The maximum atomic E-state index is 14.5. The molecule has 188 valence electrons. The normalized spacial score (nSPS) is 17.0. The Morgan fingerprint density at radius 2 is 1.95 bits per heavy atom. The Morgan fingerprint density at radius 1 is 1.11 bits per heavy atom. The second-order valence-corrected chi connectivity index (χ2v) is 9.99. The number of hydrogen-bond acceptors (Lipinski definition) is 5. The van der Waals surface area contributed by atoms with E-state index in [1.165, 1.54) is 18.9 Å². The highest BCUT2D eigenvalue weighted by molar-refractivity contribution is 5.96. The maximum absolute atomic E-state index is 14.5. The number of nitrogens with one attached hydrogen (secondary N) is 2. The van der Waals surface area contributed by atoms with Crippen LogP contribution in [0.4, 0.5) is 10.1 Å². The van der Waals surface area contributed by atoms with Gasteiger partial charge in [0.2, 0.25) is 5.91 Å². The average molecular weight is 498 g/mol. The van der Waals surface area contributed by atoms with Gasteiger partial charge in [0.05, 0.1) is 18.7 Å². The van der Waals surface area contributed by atoms with E-state index in [1.54, 1.807) is 6.07 Å². The van der Waals surface area contributed by atoms with Gasteiger partial charge in [-0.2, -0.15) is 0 Å². The number of aryl methyl sites for hydroxylation is 1. The molecule has 1 fully saturated rings. The highest BCUT2D eigenvalue weighted by atomic mass is 19.1. The fourth-order valence-electron chi connectivity index (χ4n) is 5.34. The number of aromatic nitrogens is 4. The van der Waals surface area contributed by atoms with E-state index in [1.807, 2.05) is 43.3 Å². The molecule has 1 unspecified atom stereocenters. The molecule has 1 amide bonds. The number of ether oxygens (including phenoxy) is 1. The fraction of sp³-hybridized carbons (Fsp3) is 0.310. The Kier molecular flexibility index (Phi) is 6.16. The number of rotatable bonds is 6. The summed E-state index contributed by atoms with van der Waals surface area (Å²) in [5, 5.41) is 17.5. The van der Waals surface area contributed by atoms with Gasteiger partial charge in [-0.15, -0.1) is 5.10 Å². The number of carbonyl (C=O) groups is 1. The monoisotopic (exact) mass is 497 g/mol. The molecule has 1 aliphatic carbocycles. The van der Waals surface area contributed by atoms with Crippen LogP contribution in [0.5, 0.6) is 5.75 Å². The molecule has 0 radical (unpaired) electrons. The van der Waals surface area contributed by atoms with Crippen molar-refractivity contribution < 1.29 is 13.9 Å². The summed E-state index contributed by atoms with van der Waals surface area (Å²) >= 11 is 0. The van der Waals surface area contributed by atoms with Crippen molar-refractivity contribution in [1.29, 1.82) is 0 Å². The minimum Gasteiger partial charge on any atom is -0.491 e. The highest BCUT2D eigenvalue weighted by Crippen LogP contribution is 2.51. The van der Waals surface area contributed by atoms with Gasteiger partial charge in [0.25, 0.3) is 0 Å².